The molecule has 1 aliphatic carbocycles. The lowest BCUT2D eigenvalue weighted by Crippen LogP contribution is -2.60. The minimum atomic E-state index is -0.799. The Labute approximate surface area is 205 Å². The van der Waals surface area contributed by atoms with Gasteiger partial charge < -0.3 is 19.1 Å². The van der Waals surface area contributed by atoms with Crippen molar-refractivity contribution in [2.75, 3.05) is 25.2 Å². The van der Waals surface area contributed by atoms with Crippen molar-refractivity contribution in [3.63, 3.8) is 0 Å². The van der Waals surface area contributed by atoms with Crippen LogP contribution >= 0.6 is 0 Å². The molecule has 1 saturated heterocycles. The summed E-state index contributed by atoms with van der Waals surface area (Å²) < 4.78 is 16.0. The zero-order valence-electron chi connectivity index (χ0n) is 20.3. The first-order valence-corrected chi connectivity index (χ1v) is 12.0. The average Bonchev–Trinajstić information content (AvgIpc) is 2.88. The van der Waals surface area contributed by atoms with Crippen molar-refractivity contribution in [2.24, 2.45) is 23.7 Å². The Balaban J connectivity index is 1.75. The van der Waals surface area contributed by atoms with Crippen LogP contribution in [0, 0.1) is 23.7 Å². The summed E-state index contributed by atoms with van der Waals surface area (Å²) >= 11 is 0. The highest BCUT2D eigenvalue weighted by Crippen LogP contribution is 2.51. The molecule has 1 amide bonds. The number of methoxy groups -OCH3 is 1. The molecule has 0 aromatic heterocycles. The second-order valence-electron chi connectivity index (χ2n) is 8.67. The lowest BCUT2D eigenvalue weighted by Gasteiger charge is -2.52. The van der Waals surface area contributed by atoms with Crippen LogP contribution in [0.2, 0.25) is 0 Å². The smallest absolute Gasteiger partial charge is 0.310 e. The van der Waals surface area contributed by atoms with Gasteiger partial charge in [-0.25, -0.2) is 0 Å². The second-order valence-corrected chi connectivity index (χ2v) is 8.67. The van der Waals surface area contributed by atoms with Crippen LogP contribution in [0.25, 0.3) is 0 Å². The molecule has 2 aromatic rings. The predicted octanol–water partition coefficient (Wildman–Crippen LogP) is 4.33. The van der Waals surface area contributed by atoms with Gasteiger partial charge in [-0.2, -0.15) is 0 Å². The van der Waals surface area contributed by atoms with Crippen molar-refractivity contribution in [1.29, 1.82) is 0 Å². The van der Waals surface area contributed by atoms with Crippen molar-refractivity contribution >= 4 is 23.5 Å². The minimum absolute atomic E-state index is 0.0922. The molecule has 5 atom stereocenters. The van der Waals surface area contributed by atoms with Gasteiger partial charge in [0.15, 0.2) is 0 Å². The van der Waals surface area contributed by atoms with E-state index < -0.39 is 35.6 Å². The van der Waals surface area contributed by atoms with Gasteiger partial charge in [0, 0.05) is 11.6 Å². The molecule has 7 nitrogen and oxygen atoms in total. The third-order valence-electron chi connectivity index (χ3n) is 6.79. The quantitative estimate of drug-likeness (QED) is 0.320. The van der Waals surface area contributed by atoms with Gasteiger partial charge in [0.2, 0.25) is 5.91 Å². The van der Waals surface area contributed by atoms with Crippen molar-refractivity contribution in [1.82, 2.24) is 0 Å². The first-order valence-electron chi connectivity index (χ1n) is 12.0. The topological polar surface area (TPSA) is 82.1 Å². The third kappa shape index (κ3) is 4.67. The number of para-hydroxylation sites is 1. The fourth-order valence-corrected chi connectivity index (χ4v) is 5.23. The SMILES string of the molecule is CCOC(=O)[C@H]1[C@@H]([C@H]2C(=O)N(c3ccccc3)[C@@H]2c2ccc(OC)cc2)C=CC[C@@H]1C(=O)OCC. The molecule has 0 bridgehead atoms. The summed E-state index contributed by atoms with van der Waals surface area (Å²) in [6, 6.07) is 16.7. The number of amides is 1. The lowest BCUT2D eigenvalue weighted by atomic mass is 9.64. The summed E-state index contributed by atoms with van der Waals surface area (Å²) in [6.07, 6.45) is 4.15. The van der Waals surface area contributed by atoms with E-state index in [1.165, 1.54) is 0 Å². The van der Waals surface area contributed by atoms with Crippen molar-refractivity contribution in [2.45, 2.75) is 26.3 Å². The molecule has 2 aromatic carbocycles. The number of hydrogen-bond acceptors (Lipinski definition) is 6. The van der Waals surface area contributed by atoms with Crippen LogP contribution in [-0.2, 0) is 23.9 Å². The highest BCUT2D eigenvalue weighted by molar-refractivity contribution is 6.04. The minimum Gasteiger partial charge on any atom is -0.497 e. The van der Waals surface area contributed by atoms with Crippen LogP contribution in [0.5, 0.6) is 5.75 Å². The molecule has 0 unspecified atom stereocenters. The standard InChI is InChI=1S/C28H31NO6/c1-4-34-27(31)22-13-9-12-21(23(22)28(32)35-5-2)24-25(18-14-16-20(33-3)17-15-18)29(26(24)30)19-10-7-6-8-11-19/h6-12,14-17,21-25H,4-5,13H2,1-3H3/t21-,22-,23-,24+,25+/m0/s1. The average molecular weight is 478 g/mol. The van der Waals surface area contributed by atoms with E-state index in [-0.39, 0.29) is 25.2 Å². The first kappa shape index (κ1) is 24.5. The Hall–Kier alpha value is -3.61. The van der Waals surface area contributed by atoms with Crippen LogP contribution in [0.3, 0.4) is 0 Å². The van der Waals surface area contributed by atoms with Gasteiger partial charge in [-0.1, -0.05) is 42.5 Å². The summed E-state index contributed by atoms with van der Waals surface area (Å²) in [6.45, 7) is 3.88. The molecular weight excluding hydrogens is 446 g/mol. The van der Waals surface area contributed by atoms with Gasteiger partial charge in [-0.05, 0) is 50.1 Å². The van der Waals surface area contributed by atoms with Crippen LogP contribution < -0.4 is 9.64 Å². The summed E-state index contributed by atoms with van der Waals surface area (Å²) in [7, 11) is 1.60. The molecule has 2 aliphatic rings. The second kappa shape index (κ2) is 10.8. The molecular formula is C28H31NO6. The number of ether oxygens (including phenoxy) is 3. The van der Waals surface area contributed by atoms with E-state index in [0.717, 1.165) is 11.3 Å². The number of β-lactam (4-membered cyclic amide) rings is 1. The maximum atomic E-state index is 13.7. The molecule has 35 heavy (non-hydrogen) atoms. The molecule has 1 aliphatic heterocycles. The molecule has 184 valence electrons. The third-order valence-corrected chi connectivity index (χ3v) is 6.79. The summed E-state index contributed by atoms with van der Waals surface area (Å²) in [5.74, 6) is -2.82. The Morgan fingerprint density at radius 3 is 2.23 bits per heavy atom. The number of carbonyl (C=O) groups excluding carboxylic acids is 3. The van der Waals surface area contributed by atoms with Gasteiger partial charge in [-0.3, -0.25) is 14.4 Å². The zero-order valence-corrected chi connectivity index (χ0v) is 20.3. The maximum absolute atomic E-state index is 13.7. The summed E-state index contributed by atoms with van der Waals surface area (Å²) in [4.78, 5) is 41.4. The van der Waals surface area contributed by atoms with E-state index in [1.54, 1.807) is 25.9 Å². The predicted molar refractivity (Wildman–Crippen MR) is 131 cm³/mol. The van der Waals surface area contributed by atoms with Crippen LogP contribution in [0.1, 0.15) is 31.9 Å². The van der Waals surface area contributed by atoms with E-state index in [4.69, 9.17) is 14.2 Å². The van der Waals surface area contributed by atoms with Gasteiger partial charge in [0.1, 0.15) is 5.75 Å². The number of allylic oxidation sites excluding steroid dienone is 2. The van der Waals surface area contributed by atoms with Crippen LogP contribution in [0.4, 0.5) is 5.69 Å². The maximum Gasteiger partial charge on any atom is 0.310 e. The van der Waals surface area contributed by atoms with Gasteiger partial charge >= 0.3 is 11.9 Å². The number of benzene rings is 2. The summed E-state index contributed by atoms with van der Waals surface area (Å²) in [5, 5.41) is 0. The van der Waals surface area contributed by atoms with Gasteiger partial charge in [0.25, 0.3) is 0 Å². The highest BCUT2D eigenvalue weighted by atomic mass is 16.5. The number of anilines is 1. The molecule has 1 heterocycles. The fourth-order valence-electron chi connectivity index (χ4n) is 5.23. The molecule has 1 fully saturated rings. The van der Waals surface area contributed by atoms with E-state index in [1.807, 2.05) is 66.7 Å². The van der Waals surface area contributed by atoms with E-state index in [2.05, 4.69) is 0 Å². The van der Waals surface area contributed by atoms with Crippen LogP contribution in [-0.4, -0.2) is 38.2 Å². The van der Waals surface area contributed by atoms with E-state index in [9.17, 15) is 14.4 Å². The molecule has 4 rings (SSSR count). The summed E-state index contributed by atoms with van der Waals surface area (Å²) in [5.41, 5.74) is 1.71. The van der Waals surface area contributed by atoms with Crippen molar-refractivity contribution in [3.8, 4) is 5.75 Å². The number of esters is 2. The Kier molecular flexibility index (Phi) is 7.54. The van der Waals surface area contributed by atoms with E-state index >= 15 is 0 Å². The normalized spacial score (nSPS) is 25.5. The molecule has 7 heteroatoms. The van der Waals surface area contributed by atoms with Crippen molar-refractivity contribution in [3.05, 3.63) is 72.3 Å². The number of carbonyl (C=O) groups is 3. The fraction of sp³-hybridized carbons (Fsp3) is 0.393. The molecule has 0 radical (unpaired) electrons. The van der Waals surface area contributed by atoms with Crippen molar-refractivity contribution < 1.29 is 28.6 Å². The number of nitrogens with zero attached hydrogens (tertiary/aromatic N) is 1. The molecule has 0 N–H and O–H groups in total. The highest BCUT2D eigenvalue weighted by Gasteiger charge is 2.57. The monoisotopic (exact) mass is 477 g/mol. The lowest BCUT2D eigenvalue weighted by molar-refractivity contribution is -0.164. The van der Waals surface area contributed by atoms with Gasteiger partial charge in [0.05, 0.1) is 44.1 Å². The first-order chi connectivity index (χ1) is 17.0. The van der Waals surface area contributed by atoms with Gasteiger partial charge in [-0.15, -0.1) is 0 Å². The van der Waals surface area contributed by atoms with Crippen LogP contribution in [0.15, 0.2) is 66.7 Å². The van der Waals surface area contributed by atoms with E-state index in [0.29, 0.717) is 12.2 Å². The Bertz CT molecular complexity index is 1080. The number of rotatable bonds is 8. The zero-order chi connectivity index (χ0) is 24.9. The largest absolute Gasteiger partial charge is 0.497 e. The number of hydrogen-bond donors (Lipinski definition) is 0. The Morgan fingerprint density at radius 2 is 1.60 bits per heavy atom. The Morgan fingerprint density at radius 1 is 0.943 bits per heavy atom. The molecule has 0 spiro atoms. The molecule has 0 saturated carbocycles.